The third-order valence-electron chi connectivity index (χ3n) is 3.80. The van der Waals surface area contributed by atoms with Gasteiger partial charge in [-0.3, -0.25) is 4.79 Å². The molecule has 1 aliphatic rings. The lowest BCUT2D eigenvalue weighted by Crippen LogP contribution is -2.28. The molecule has 1 aromatic carbocycles. The zero-order valence-corrected chi connectivity index (χ0v) is 12.8. The molecule has 0 aliphatic carbocycles. The molecular weight excluding hydrogens is 284 g/mol. The smallest absolute Gasteiger partial charge is 0.251 e. The van der Waals surface area contributed by atoms with Gasteiger partial charge in [0.2, 0.25) is 0 Å². The van der Waals surface area contributed by atoms with E-state index >= 15 is 0 Å². The third-order valence-corrected chi connectivity index (χ3v) is 4.65. The second-order valence-corrected chi connectivity index (χ2v) is 6.46. The maximum Gasteiger partial charge on any atom is 0.251 e. The highest BCUT2D eigenvalue weighted by atomic mass is 32.1. The monoisotopic (exact) mass is 304 g/mol. The second-order valence-electron chi connectivity index (χ2n) is 5.39. The van der Waals surface area contributed by atoms with Gasteiger partial charge in [-0.05, 0) is 57.1 Å². The molecule has 1 fully saturated rings. The maximum absolute atomic E-state index is 12.1. The molecule has 1 aromatic heterocycles. The SMILES string of the molecule is Nc1nc2ccc(C(=O)NCCCN3CCCC3)cc2s1. The number of fused-ring (bicyclic) bond motifs is 1. The molecule has 1 amide bonds. The number of nitrogens with one attached hydrogen (secondary N) is 1. The van der Waals surface area contributed by atoms with E-state index in [1.54, 1.807) is 6.07 Å². The highest BCUT2D eigenvalue weighted by Gasteiger charge is 2.11. The number of amides is 1. The molecule has 3 rings (SSSR count). The molecule has 3 N–H and O–H groups in total. The van der Waals surface area contributed by atoms with E-state index in [0.717, 1.165) is 29.7 Å². The quantitative estimate of drug-likeness (QED) is 0.830. The van der Waals surface area contributed by atoms with E-state index in [9.17, 15) is 4.79 Å². The zero-order valence-electron chi connectivity index (χ0n) is 12.0. The molecule has 112 valence electrons. The van der Waals surface area contributed by atoms with E-state index in [0.29, 0.717) is 10.7 Å². The lowest BCUT2D eigenvalue weighted by molar-refractivity contribution is 0.0952. The number of anilines is 1. The number of hydrogen-bond donors (Lipinski definition) is 2. The van der Waals surface area contributed by atoms with Crippen LogP contribution in [0.15, 0.2) is 18.2 Å². The molecule has 1 aliphatic heterocycles. The summed E-state index contributed by atoms with van der Waals surface area (Å²) >= 11 is 1.41. The summed E-state index contributed by atoms with van der Waals surface area (Å²) in [5, 5.41) is 3.52. The minimum atomic E-state index is -0.0229. The van der Waals surface area contributed by atoms with Gasteiger partial charge in [0.05, 0.1) is 10.2 Å². The van der Waals surface area contributed by atoms with Crippen molar-refractivity contribution in [3.05, 3.63) is 23.8 Å². The number of carbonyl (C=O) groups is 1. The Balaban J connectivity index is 1.51. The molecule has 0 saturated carbocycles. The molecule has 0 atom stereocenters. The van der Waals surface area contributed by atoms with Crippen LogP contribution in [0.5, 0.6) is 0 Å². The summed E-state index contributed by atoms with van der Waals surface area (Å²) in [4.78, 5) is 18.8. The minimum Gasteiger partial charge on any atom is -0.375 e. The number of nitrogen functional groups attached to an aromatic ring is 1. The largest absolute Gasteiger partial charge is 0.375 e. The predicted molar refractivity (Wildman–Crippen MR) is 86.7 cm³/mol. The van der Waals surface area contributed by atoms with Gasteiger partial charge in [-0.25, -0.2) is 4.98 Å². The first-order valence-electron chi connectivity index (χ1n) is 7.39. The highest BCUT2D eigenvalue weighted by Crippen LogP contribution is 2.24. The van der Waals surface area contributed by atoms with Gasteiger partial charge in [0.25, 0.3) is 5.91 Å². The zero-order chi connectivity index (χ0) is 14.7. The Morgan fingerprint density at radius 1 is 1.38 bits per heavy atom. The molecule has 0 spiro atoms. The maximum atomic E-state index is 12.1. The molecule has 21 heavy (non-hydrogen) atoms. The van der Waals surface area contributed by atoms with Crippen molar-refractivity contribution >= 4 is 32.6 Å². The van der Waals surface area contributed by atoms with Gasteiger partial charge < -0.3 is 16.0 Å². The average molecular weight is 304 g/mol. The first-order valence-corrected chi connectivity index (χ1v) is 8.21. The van der Waals surface area contributed by atoms with E-state index in [2.05, 4.69) is 15.2 Å². The minimum absolute atomic E-state index is 0.0229. The van der Waals surface area contributed by atoms with E-state index in [1.165, 1.54) is 37.3 Å². The van der Waals surface area contributed by atoms with E-state index < -0.39 is 0 Å². The van der Waals surface area contributed by atoms with Crippen LogP contribution in [0.3, 0.4) is 0 Å². The van der Waals surface area contributed by atoms with E-state index in [-0.39, 0.29) is 5.91 Å². The third kappa shape index (κ3) is 3.51. The van der Waals surface area contributed by atoms with Crippen LogP contribution in [0.4, 0.5) is 5.13 Å². The number of nitrogens with zero attached hydrogens (tertiary/aromatic N) is 2. The summed E-state index contributed by atoms with van der Waals surface area (Å²) in [5.74, 6) is -0.0229. The van der Waals surface area contributed by atoms with Crippen molar-refractivity contribution in [2.45, 2.75) is 19.3 Å². The van der Waals surface area contributed by atoms with Crippen LogP contribution in [0, 0.1) is 0 Å². The first-order chi connectivity index (χ1) is 10.2. The van der Waals surface area contributed by atoms with Crippen molar-refractivity contribution in [2.75, 3.05) is 31.9 Å². The van der Waals surface area contributed by atoms with E-state index in [1.807, 2.05) is 12.1 Å². The Morgan fingerprint density at radius 3 is 3.00 bits per heavy atom. The molecular formula is C15H20N4OS. The average Bonchev–Trinajstić information content (AvgIpc) is 3.10. The highest BCUT2D eigenvalue weighted by molar-refractivity contribution is 7.22. The Morgan fingerprint density at radius 2 is 2.19 bits per heavy atom. The second kappa shape index (κ2) is 6.41. The summed E-state index contributed by atoms with van der Waals surface area (Å²) in [6.07, 6.45) is 3.62. The lowest BCUT2D eigenvalue weighted by atomic mass is 10.2. The van der Waals surface area contributed by atoms with E-state index in [4.69, 9.17) is 5.73 Å². The Bertz CT molecular complexity index is 634. The van der Waals surface area contributed by atoms with Crippen molar-refractivity contribution in [3.63, 3.8) is 0 Å². The van der Waals surface area contributed by atoms with Crippen LogP contribution in [0.25, 0.3) is 10.2 Å². The number of hydrogen-bond acceptors (Lipinski definition) is 5. The van der Waals surface area contributed by atoms with Crippen molar-refractivity contribution in [2.24, 2.45) is 0 Å². The molecule has 1 saturated heterocycles. The first kappa shape index (κ1) is 14.3. The Labute approximate surface area is 128 Å². The summed E-state index contributed by atoms with van der Waals surface area (Å²) < 4.78 is 0.956. The van der Waals surface area contributed by atoms with Crippen LogP contribution in [0.2, 0.25) is 0 Å². The fraction of sp³-hybridized carbons (Fsp3) is 0.467. The van der Waals surface area contributed by atoms with Crippen LogP contribution >= 0.6 is 11.3 Å². The van der Waals surface area contributed by atoms with Gasteiger partial charge in [0.1, 0.15) is 0 Å². The summed E-state index contributed by atoms with van der Waals surface area (Å²) in [6.45, 7) is 4.21. The Hall–Kier alpha value is -1.66. The Kier molecular flexibility index (Phi) is 4.36. The van der Waals surface area contributed by atoms with Gasteiger partial charge in [-0.2, -0.15) is 0 Å². The lowest BCUT2D eigenvalue weighted by Gasteiger charge is -2.14. The number of carbonyl (C=O) groups excluding carboxylic acids is 1. The molecule has 0 unspecified atom stereocenters. The van der Waals surface area contributed by atoms with Gasteiger partial charge in [0.15, 0.2) is 5.13 Å². The number of likely N-dealkylation sites (tertiary alicyclic amines) is 1. The summed E-state index contributed by atoms with van der Waals surface area (Å²) in [7, 11) is 0. The molecule has 2 heterocycles. The number of thiazole rings is 1. The fourth-order valence-corrected chi connectivity index (χ4v) is 3.47. The van der Waals surface area contributed by atoms with Crippen LogP contribution in [-0.4, -0.2) is 42.0 Å². The van der Waals surface area contributed by atoms with Gasteiger partial charge >= 0.3 is 0 Å². The van der Waals surface area contributed by atoms with Crippen molar-refractivity contribution in [3.8, 4) is 0 Å². The number of rotatable bonds is 5. The fourth-order valence-electron chi connectivity index (χ4n) is 2.70. The topological polar surface area (TPSA) is 71.2 Å². The summed E-state index contributed by atoms with van der Waals surface area (Å²) in [6, 6.07) is 5.51. The number of benzene rings is 1. The van der Waals surface area contributed by atoms with Gasteiger partial charge in [-0.15, -0.1) is 0 Å². The van der Waals surface area contributed by atoms with Crippen LogP contribution in [0.1, 0.15) is 29.6 Å². The molecule has 0 radical (unpaired) electrons. The van der Waals surface area contributed by atoms with Crippen molar-refractivity contribution in [1.82, 2.24) is 15.2 Å². The molecule has 6 heteroatoms. The van der Waals surface area contributed by atoms with Gasteiger partial charge in [0, 0.05) is 12.1 Å². The number of nitrogens with two attached hydrogens (primary N) is 1. The van der Waals surface area contributed by atoms with Gasteiger partial charge in [-0.1, -0.05) is 11.3 Å². The standard InChI is InChI=1S/C15H20N4OS/c16-15-18-12-5-4-11(10-13(12)21-15)14(20)17-6-3-9-19-7-1-2-8-19/h4-5,10H,1-3,6-9H2,(H2,16,18)(H,17,20). The van der Waals surface area contributed by atoms with Crippen molar-refractivity contribution < 1.29 is 4.79 Å². The predicted octanol–water partition coefficient (Wildman–Crippen LogP) is 2.09. The molecule has 0 bridgehead atoms. The normalized spacial score (nSPS) is 15.6. The molecule has 5 nitrogen and oxygen atoms in total. The summed E-state index contributed by atoms with van der Waals surface area (Å²) in [5.41, 5.74) is 7.20. The van der Waals surface area contributed by atoms with Crippen LogP contribution in [-0.2, 0) is 0 Å². The van der Waals surface area contributed by atoms with Crippen LogP contribution < -0.4 is 11.1 Å². The number of aromatic nitrogens is 1. The molecule has 2 aromatic rings. The van der Waals surface area contributed by atoms with Crippen molar-refractivity contribution in [1.29, 1.82) is 0 Å².